The summed E-state index contributed by atoms with van der Waals surface area (Å²) >= 11 is 0. The molecule has 0 amide bonds. The molecular formula is C30H46O3. The van der Waals surface area contributed by atoms with E-state index in [9.17, 15) is 14.7 Å². The molecule has 3 heteroatoms. The molecule has 5 saturated carbocycles. The van der Waals surface area contributed by atoms with Crippen molar-refractivity contribution in [2.24, 2.45) is 56.7 Å². The molecule has 1 N–H and O–H groups in total. The first kappa shape index (κ1) is 23.6. The fraction of sp³-hybridized carbons (Fsp3) is 0.867. The average Bonchev–Trinajstić information content (AvgIpc) is 3.13. The van der Waals surface area contributed by atoms with Gasteiger partial charge in [-0.2, -0.15) is 0 Å². The number of Topliss-reactive ketones (excluding diaryl/α,β-unsaturated/α-hetero) is 1. The SMILES string of the molecule is C=C(C)[C@@H]1CC[C@]2(C(=O)O)CC[C@]3(C)[C@H](CC[C@@H]4[C@]5(C)CCC(=O)C(C)(C)[C@@H]5CC[C@]43C)[C@H]12. The molecule has 0 radical (unpaired) electrons. The van der Waals surface area contributed by atoms with E-state index in [-0.39, 0.29) is 27.6 Å². The summed E-state index contributed by atoms with van der Waals surface area (Å²) in [5.74, 6) is 2.07. The van der Waals surface area contributed by atoms with E-state index in [4.69, 9.17) is 0 Å². The summed E-state index contributed by atoms with van der Waals surface area (Å²) < 4.78 is 0. The van der Waals surface area contributed by atoms with Gasteiger partial charge < -0.3 is 5.11 Å². The Balaban J connectivity index is 1.57. The predicted molar refractivity (Wildman–Crippen MR) is 132 cm³/mol. The summed E-state index contributed by atoms with van der Waals surface area (Å²) in [7, 11) is 0. The summed E-state index contributed by atoms with van der Waals surface area (Å²) in [6, 6.07) is 0. The highest BCUT2D eigenvalue weighted by atomic mass is 16.4. The minimum Gasteiger partial charge on any atom is -0.481 e. The molecular weight excluding hydrogens is 408 g/mol. The zero-order valence-electron chi connectivity index (χ0n) is 21.9. The van der Waals surface area contributed by atoms with Gasteiger partial charge in [-0.1, -0.05) is 46.8 Å². The quantitative estimate of drug-likeness (QED) is 0.445. The van der Waals surface area contributed by atoms with Crippen molar-refractivity contribution in [2.75, 3.05) is 0 Å². The minimum atomic E-state index is -0.547. The highest BCUT2D eigenvalue weighted by Crippen LogP contribution is 2.77. The van der Waals surface area contributed by atoms with Crippen molar-refractivity contribution >= 4 is 11.8 Å². The molecule has 33 heavy (non-hydrogen) atoms. The molecule has 9 atom stereocenters. The monoisotopic (exact) mass is 454 g/mol. The molecule has 0 spiro atoms. The number of carbonyl (C=O) groups is 2. The number of allylic oxidation sites excluding steroid dienone is 1. The van der Waals surface area contributed by atoms with Crippen molar-refractivity contribution in [1.29, 1.82) is 0 Å². The van der Waals surface area contributed by atoms with Gasteiger partial charge in [-0.05, 0) is 111 Å². The van der Waals surface area contributed by atoms with Crippen molar-refractivity contribution in [3.8, 4) is 0 Å². The number of aliphatic carboxylic acids is 1. The molecule has 0 aliphatic heterocycles. The second-order valence-corrected chi connectivity index (χ2v) is 14.3. The molecule has 0 bridgehead atoms. The Kier molecular flexibility index (Phi) is 4.99. The van der Waals surface area contributed by atoms with Crippen LogP contribution < -0.4 is 0 Å². The first-order valence-electron chi connectivity index (χ1n) is 13.7. The molecule has 0 aromatic rings. The molecule has 0 aromatic heterocycles. The third-order valence-corrected chi connectivity index (χ3v) is 13.2. The topological polar surface area (TPSA) is 54.4 Å². The van der Waals surface area contributed by atoms with E-state index in [1.165, 1.54) is 18.4 Å². The Labute approximate surface area is 201 Å². The van der Waals surface area contributed by atoms with Gasteiger partial charge in [0.25, 0.3) is 0 Å². The van der Waals surface area contributed by atoms with Crippen LogP contribution in [0.15, 0.2) is 12.2 Å². The lowest BCUT2D eigenvalue weighted by atomic mass is 9.32. The lowest BCUT2D eigenvalue weighted by molar-refractivity contribution is -0.235. The second kappa shape index (κ2) is 6.97. The Hall–Kier alpha value is -1.12. The van der Waals surface area contributed by atoms with E-state index < -0.39 is 11.4 Å². The maximum absolute atomic E-state index is 12.9. The maximum atomic E-state index is 12.9. The van der Waals surface area contributed by atoms with Crippen LogP contribution in [0.3, 0.4) is 0 Å². The van der Waals surface area contributed by atoms with Crippen molar-refractivity contribution in [1.82, 2.24) is 0 Å². The van der Waals surface area contributed by atoms with Gasteiger partial charge in [0, 0.05) is 11.8 Å². The second-order valence-electron chi connectivity index (χ2n) is 14.3. The fourth-order valence-electron chi connectivity index (χ4n) is 11.3. The van der Waals surface area contributed by atoms with Gasteiger partial charge in [-0.25, -0.2) is 0 Å². The zero-order chi connectivity index (χ0) is 24.2. The number of hydrogen-bond donors (Lipinski definition) is 1. The van der Waals surface area contributed by atoms with E-state index in [0.29, 0.717) is 29.5 Å². The minimum absolute atomic E-state index is 0.164. The van der Waals surface area contributed by atoms with Gasteiger partial charge in [0.2, 0.25) is 0 Å². The van der Waals surface area contributed by atoms with Crippen molar-refractivity contribution in [3.63, 3.8) is 0 Å². The van der Waals surface area contributed by atoms with Gasteiger partial charge in [0.1, 0.15) is 5.78 Å². The van der Waals surface area contributed by atoms with Crippen LogP contribution in [0.5, 0.6) is 0 Å². The number of carboxylic acid groups (broad SMARTS) is 1. The summed E-state index contributed by atoms with van der Waals surface area (Å²) in [4.78, 5) is 25.7. The highest BCUT2D eigenvalue weighted by molar-refractivity contribution is 5.85. The van der Waals surface area contributed by atoms with Gasteiger partial charge in [-0.3, -0.25) is 9.59 Å². The number of fused-ring (bicyclic) bond motifs is 7. The lowest BCUT2D eigenvalue weighted by Gasteiger charge is -2.72. The molecule has 0 saturated heterocycles. The fourth-order valence-corrected chi connectivity index (χ4v) is 11.3. The summed E-state index contributed by atoms with van der Waals surface area (Å²) in [5, 5.41) is 10.5. The van der Waals surface area contributed by atoms with Gasteiger partial charge >= 0.3 is 5.97 Å². The summed E-state index contributed by atoms with van der Waals surface area (Å²) in [6.45, 7) is 18.5. The highest BCUT2D eigenvalue weighted by Gasteiger charge is 2.72. The van der Waals surface area contributed by atoms with Crippen molar-refractivity contribution in [2.45, 2.75) is 106 Å². The third-order valence-electron chi connectivity index (χ3n) is 13.2. The van der Waals surface area contributed by atoms with Crippen molar-refractivity contribution < 1.29 is 14.7 Å². The van der Waals surface area contributed by atoms with E-state index >= 15 is 0 Å². The molecule has 3 nitrogen and oxygen atoms in total. The van der Waals surface area contributed by atoms with E-state index in [2.05, 4.69) is 48.1 Å². The molecule has 184 valence electrons. The molecule has 0 heterocycles. The maximum Gasteiger partial charge on any atom is 0.309 e. The summed E-state index contributed by atoms with van der Waals surface area (Å²) in [6.07, 6.45) is 10.1. The number of hydrogen-bond acceptors (Lipinski definition) is 2. The van der Waals surface area contributed by atoms with Crippen LogP contribution in [-0.4, -0.2) is 16.9 Å². The average molecular weight is 455 g/mol. The van der Waals surface area contributed by atoms with Crippen LogP contribution in [0.1, 0.15) is 106 Å². The standard InChI is InChI=1S/C30H46O3/c1-18(2)19-10-15-30(25(32)33)17-16-28(6)20(24(19)30)8-9-22-27(5)13-12-23(31)26(3,4)21(27)11-14-29(22,28)7/h19-22,24H,1,8-17H2,2-7H3,(H,32,33)/t19-,20+,21-,22+,24-,27+,28+,29+,30-/m0/s1. The Bertz CT molecular complexity index is 902. The van der Waals surface area contributed by atoms with Crippen LogP contribution in [0.4, 0.5) is 0 Å². The summed E-state index contributed by atoms with van der Waals surface area (Å²) in [5.41, 5.74) is 1.03. The van der Waals surface area contributed by atoms with E-state index in [1.807, 2.05) is 0 Å². The van der Waals surface area contributed by atoms with Crippen LogP contribution in [0.25, 0.3) is 0 Å². The molecule has 0 unspecified atom stereocenters. The smallest absolute Gasteiger partial charge is 0.309 e. The predicted octanol–water partition coefficient (Wildman–Crippen LogP) is 7.30. The number of rotatable bonds is 2. The Morgan fingerprint density at radius 1 is 0.879 bits per heavy atom. The van der Waals surface area contributed by atoms with Crippen LogP contribution in [0, 0.1) is 56.7 Å². The van der Waals surface area contributed by atoms with E-state index in [1.54, 1.807) is 0 Å². The lowest BCUT2D eigenvalue weighted by Crippen LogP contribution is -2.66. The van der Waals surface area contributed by atoms with Gasteiger partial charge in [0.15, 0.2) is 0 Å². The first-order chi connectivity index (χ1) is 15.3. The normalized spacial score (nSPS) is 52.8. The largest absolute Gasteiger partial charge is 0.481 e. The number of carbonyl (C=O) groups excluding carboxylic acids is 1. The van der Waals surface area contributed by atoms with Gasteiger partial charge in [0.05, 0.1) is 5.41 Å². The van der Waals surface area contributed by atoms with Crippen LogP contribution in [-0.2, 0) is 9.59 Å². The first-order valence-corrected chi connectivity index (χ1v) is 13.7. The van der Waals surface area contributed by atoms with Crippen LogP contribution >= 0.6 is 0 Å². The Morgan fingerprint density at radius 2 is 1.58 bits per heavy atom. The van der Waals surface area contributed by atoms with Crippen LogP contribution in [0.2, 0.25) is 0 Å². The zero-order valence-corrected chi connectivity index (χ0v) is 21.9. The molecule has 5 fully saturated rings. The Morgan fingerprint density at radius 3 is 2.21 bits per heavy atom. The molecule has 5 aliphatic rings. The molecule has 5 rings (SSSR count). The molecule has 5 aliphatic carbocycles. The number of ketones is 1. The molecule has 0 aromatic carbocycles. The van der Waals surface area contributed by atoms with Crippen molar-refractivity contribution in [3.05, 3.63) is 12.2 Å². The number of carboxylic acids is 1. The van der Waals surface area contributed by atoms with E-state index in [0.717, 1.165) is 51.4 Å². The van der Waals surface area contributed by atoms with Gasteiger partial charge in [-0.15, -0.1) is 0 Å². The third kappa shape index (κ3) is 2.69.